The summed E-state index contributed by atoms with van der Waals surface area (Å²) in [6, 6.07) is 0. The van der Waals surface area contributed by atoms with E-state index >= 15 is 0 Å². The molecule has 19 heavy (non-hydrogen) atoms. The first kappa shape index (κ1) is 15.4. The molecular formula is C12H17N3O3S. The van der Waals surface area contributed by atoms with Gasteiger partial charge in [-0.15, -0.1) is 0 Å². The molecule has 1 amide bonds. The van der Waals surface area contributed by atoms with E-state index in [-0.39, 0.29) is 17.2 Å². The molecule has 6 nitrogen and oxygen atoms in total. The highest BCUT2D eigenvalue weighted by Gasteiger charge is 2.18. The van der Waals surface area contributed by atoms with Crippen molar-refractivity contribution in [2.24, 2.45) is 0 Å². The molecule has 0 fully saturated rings. The van der Waals surface area contributed by atoms with Crippen LogP contribution >= 0.6 is 11.8 Å². The van der Waals surface area contributed by atoms with Gasteiger partial charge in [-0.2, -0.15) is 0 Å². The number of carboxylic acids is 1. The minimum Gasteiger partial charge on any atom is -0.478 e. The molecule has 0 radical (unpaired) electrons. The number of carbonyl (C=O) groups is 2. The number of amides is 1. The van der Waals surface area contributed by atoms with Crippen LogP contribution < -0.4 is 5.32 Å². The minimum atomic E-state index is -1.07. The Morgan fingerprint density at radius 3 is 2.53 bits per heavy atom. The zero-order valence-electron chi connectivity index (χ0n) is 11.2. The van der Waals surface area contributed by atoms with Crippen molar-refractivity contribution in [3.8, 4) is 0 Å². The van der Waals surface area contributed by atoms with Crippen molar-refractivity contribution in [3.05, 3.63) is 17.1 Å². The number of carbonyl (C=O) groups excluding carboxylic acids is 1. The van der Waals surface area contributed by atoms with Crippen molar-refractivity contribution in [1.29, 1.82) is 0 Å². The van der Waals surface area contributed by atoms with E-state index in [9.17, 15) is 14.7 Å². The van der Waals surface area contributed by atoms with Crippen molar-refractivity contribution in [2.75, 3.05) is 12.3 Å². The Morgan fingerprint density at radius 2 is 2.00 bits per heavy atom. The van der Waals surface area contributed by atoms with Gasteiger partial charge in [-0.3, -0.25) is 4.79 Å². The van der Waals surface area contributed by atoms with Crippen LogP contribution in [-0.2, 0) is 11.2 Å². The summed E-state index contributed by atoms with van der Waals surface area (Å²) < 4.78 is 0. The molecule has 1 aromatic rings. The van der Waals surface area contributed by atoms with Crippen LogP contribution in [-0.4, -0.2) is 39.2 Å². The van der Waals surface area contributed by atoms with E-state index in [0.29, 0.717) is 29.5 Å². The maximum absolute atomic E-state index is 11.4. The molecule has 0 bridgehead atoms. The Hall–Kier alpha value is -1.63. The summed E-state index contributed by atoms with van der Waals surface area (Å²) in [5, 5.41) is 12.2. The summed E-state index contributed by atoms with van der Waals surface area (Å²) in [4.78, 5) is 31.0. The smallest absolute Gasteiger partial charge is 0.340 e. The van der Waals surface area contributed by atoms with Crippen LogP contribution in [0.5, 0.6) is 0 Å². The van der Waals surface area contributed by atoms with E-state index in [1.54, 1.807) is 6.92 Å². The molecule has 0 aliphatic rings. The fourth-order valence-electron chi connectivity index (χ4n) is 1.49. The topological polar surface area (TPSA) is 92.2 Å². The number of nitrogens with zero attached hydrogens (tertiary/aromatic N) is 2. The third-order valence-corrected chi connectivity index (χ3v) is 3.32. The molecule has 0 saturated carbocycles. The molecule has 0 saturated heterocycles. The first-order valence-electron chi connectivity index (χ1n) is 5.99. The van der Waals surface area contributed by atoms with Gasteiger partial charge in [0.05, 0.1) is 11.4 Å². The summed E-state index contributed by atoms with van der Waals surface area (Å²) in [6.07, 6.45) is 0.620. The molecule has 2 N–H and O–H groups in total. The molecular weight excluding hydrogens is 266 g/mol. The lowest BCUT2D eigenvalue weighted by molar-refractivity contribution is -0.118. The van der Waals surface area contributed by atoms with E-state index in [1.807, 2.05) is 13.8 Å². The minimum absolute atomic E-state index is 0.0755. The number of aromatic nitrogens is 2. The zero-order chi connectivity index (χ0) is 14.4. The SMILES string of the molecule is CCNC(=O)CSc1nc(CC)nc(C)c1C(=O)O. The van der Waals surface area contributed by atoms with Gasteiger partial charge in [0.15, 0.2) is 0 Å². The molecule has 0 spiro atoms. The van der Waals surface area contributed by atoms with Crippen molar-refractivity contribution in [2.45, 2.75) is 32.2 Å². The lowest BCUT2D eigenvalue weighted by Gasteiger charge is -2.09. The number of aromatic carboxylic acids is 1. The summed E-state index contributed by atoms with van der Waals surface area (Å²) in [5.41, 5.74) is 0.504. The summed E-state index contributed by atoms with van der Waals surface area (Å²) in [5.74, 6) is -0.481. The van der Waals surface area contributed by atoms with Crippen LogP contribution in [0.3, 0.4) is 0 Å². The maximum Gasteiger partial charge on any atom is 0.340 e. The Morgan fingerprint density at radius 1 is 1.32 bits per heavy atom. The standard InChI is InChI=1S/C12H17N3O3S/c1-4-8-14-7(3)10(12(17)18)11(15-8)19-6-9(16)13-5-2/h4-6H2,1-3H3,(H,13,16)(H,17,18). The van der Waals surface area contributed by atoms with Gasteiger partial charge in [-0.1, -0.05) is 18.7 Å². The second kappa shape index (κ2) is 7.08. The normalized spacial score (nSPS) is 10.3. The van der Waals surface area contributed by atoms with Crippen molar-refractivity contribution in [3.63, 3.8) is 0 Å². The van der Waals surface area contributed by atoms with Crippen LogP contribution in [0, 0.1) is 6.92 Å². The van der Waals surface area contributed by atoms with Crippen LogP contribution in [0.4, 0.5) is 0 Å². The van der Waals surface area contributed by atoms with Crippen LogP contribution in [0.2, 0.25) is 0 Å². The molecule has 0 aliphatic heterocycles. The Balaban J connectivity index is 2.99. The average Bonchev–Trinajstić information content (AvgIpc) is 2.35. The van der Waals surface area contributed by atoms with Gasteiger partial charge in [0.25, 0.3) is 0 Å². The van der Waals surface area contributed by atoms with E-state index in [4.69, 9.17) is 0 Å². The maximum atomic E-state index is 11.4. The van der Waals surface area contributed by atoms with Gasteiger partial charge in [-0.25, -0.2) is 14.8 Å². The summed E-state index contributed by atoms with van der Waals surface area (Å²) in [7, 11) is 0. The van der Waals surface area contributed by atoms with Gasteiger partial charge in [-0.05, 0) is 13.8 Å². The Bertz CT molecular complexity index is 491. The first-order valence-corrected chi connectivity index (χ1v) is 6.98. The lowest BCUT2D eigenvalue weighted by Crippen LogP contribution is -2.24. The monoisotopic (exact) mass is 283 g/mol. The molecule has 104 valence electrons. The van der Waals surface area contributed by atoms with Crippen LogP contribution in [0.25, 0.3) is 0 Å². The first-order chi connectivity index (χ1) is 8.99. The Kier molecular flexibility index (Phi) is 5.75. The van der Waals surface area contributed by atoms with Gasteiger partial charge in [0.1, 0.15) is 16.4 Å². The molecule has 0 unspecified atom stereocenters. The van der Waals surface area contributed by atoms with E-state index in [2.05, 4.69) is 15.3 Å². The van der Waals surface area contributed by atoms with Crippen molar-refractivity contribution >= 4 is 23.6 Å². The molecule has 7 heteroatoms. The molecule has 0 atom stereocenters. The molecule has 1 aromatic heterocycles. The van der Waals surface area contributed by atoms with Crippen LogP contribution in [0.15, 0.2) is 5.03 Å². The highest BCUT2D eigenvalue weighted by molar-refractivity contribution is 8.00. The number of nitrogens with one attached hydrogen (secondary N) is 1. The quantitative estimate of drug-likeness (QED) is 0.603. The highest BCUT2D eigenvalue weighted by atomic mass is 32.2. The largest absolute Gasteiger partial charge is 0.478 e. The fourth-order valence-corrected chi connectivity index (χ4v) is 2.41. The number of aryl methyl sites for hydroxylation is 2. The summed E-state index contributed by atoms with van der Waals surface area (Å²) >= 11 is 1.12. The van der Waals surface area contributed by atoms with Crippen molar-refractivity contribution in [1.82, 2.24) is 15.3 Å². The molecule has 0 aliphatic carbocycles. The van der Waals surface area contributed by atoms with Crippen LogP contribution in [0.1, 0.15) is 35.7 Å². The molecule has 1 heterocycles. The Labute approximate surface area is 116 Å². The number of thioether (sulfide) groups is 1. The van der Waals surface area contributed by atoms with Gasteiger partial charge in [0.2, 0.25) is 5.91 Å². The number of carboxylic acid groups (broad SMARTS) is 1. The van der Waals surface area contributed by atoms with Gasteiger partial charge >= 0.3 is 5.97 Å². The van der Waals surface area contributed by atoms with Crippen molar-refractivity contribution < 1.29 is 14.7 Å². The fraction of sp³-hybridized carbons (Fsp3) is 0.500. The van der Waals surface area contributed by atoms with E-state index in [0.717, 1.165) is 11.8 Å². The predicted octanol–water partition coefficient (Wildman–Crippen LogP) is 1.27. The molecule has 0 aromatic carbocycles. The molecule has 1 rings (SSSR count). The highest BCUT2D eigenvalue weighted by Crippen LogP contribution is 2.22. The van der Waals surface area contributed by atoms with E-state index < -0.39 is 5.97 Å². The number of hydrogen-bond donors (Lipinski definition) is 2. The van der Waals surface area contributed by atoms with Gasteiger partial charge in [0, 0.05) is 13.0 Å². The zero-order valence-corrected chi connectivity index (χ0v) is 12.0. The third kappa shape index (κ3) is 4.20. The second-order valence-electron chi connectivity index (χ2n) is 3.81. The lowest BCUT2D eigenvalue weighted by atomic mass is 10.2. The summed E-state index contributed by atoms with van der Waals surface area (Å²) in [6.45, 7) is 5.91. The second-order valence-corrected chi connectivity index (χ2v) is 4.77. The number of hydrogen-bond acceptors (Lipinski definition) is 5. The van der Waals surface area contributed by atoms with Gasteiger partial charge < -0.3 is 10.4 Å². The average molecular weight is 283 g/mol. The predicted molar refractivity (Wildman–Crippen MR) is 72.5 cm³/mol. The van der Waals surface area contributed by atoms with E-state index in [1.165, 1.54) is 0 Å². The third-order valence-electron chi connectivity index (χ3n) is 2.35. The number of rotatable bonds is 6.